The van der Waals surface area contributed by atoms with Crippen LogP contribution in [0.3, 0.4) is 0 Å². The van der Waals surface area contributed by atoms with E-state index < -0.39 is 0 Å². The standard InChI is InChI=1S/C15H26N4OS/c1-4-16-12-8-13(18-14(17-12)21-3)19-15(10-20)7-5-6-11(2)9-15/h8,11,20H,4-7,9-10H2,1-3H3,(H2,16,17,18,19). The molecule has 1 aromatic rings. The molecule has 118 valence electrons. The number of aromatic nitrogens is 2. The van der Waals surface area contributed by atoms with Gasteiger partial charge in [-0.25, -0.2) is 9.97 Å². The average Bonchev–Trinajstić information content (AvgIpc) is 2.47. The zero-order valence-corrected chi connectivity index (χ0v) is 14.0. The Bertz CT molecular complexity index is 471. The van der Waals surface area contributed by atoms with Crippen molar-refractivity contribution in [3.05, 3.63) is 6.07 Å². The average molecular weight is 310 g/mol. The summed E-state index contributed by atoms with van der Waals surface area (Å²) in [6, 6.07) is 1.93. The van der Waals surface area contributed by atoms with E-state index in [4.69, 9.17) is 0 Å². The van der Waals surface area contributed by atoms with Gasteiger partial charge in [0.1, 0.15) is 11.6 Å². The zero-order chi connectivity index (χ0) is 15.3. The molecule has 1 heterocycles. The summed E-state index contributed by atoms with van der Waals surface area (Å²) in [7, 11) is 0. The highest BCUT2D eigenvalue weighted by atomic mass is 32.2. The minimum atomic E-state index is -0.245. The van der Waals surface area contributed by atoms with Crippen LogP contribution >= 0.6 is 11.8 Å². The summed E-state index contributed by atoms with van der Waals surface area (Å²) in [5.41, 5.74) is -0.245. The molecule has 3 N–H and O–H groups in total. The third kappa shape index (κ3) is 4.23. The van der Waals surface area contributed by atoms with E-state index in [1.165, 1.54) is 18.2 Å². The summed E-state index contributed by atoms with van der Waals surface area (Å²) in [4.78, 5) is 8.97. The maximum Gasteiger partial charge on any atom is 0.191 e. The first-order valence-corrected chi connectivity index (χ1v) is 8.89. The molecule has 6 heteroatoms. The summed E-state index contributed by atoms with van der Waals surface area (Å²) in [5, 5.41) is 17.4. The van der Waals surface area contributed by atoms with Gasteiger partial charge in [-0.2, -0.15) is 0 Å². The number of thioether (sulfide) groups is 1. The molecule has 2 atom stereocenters. The van der Waals surface area contributed by atoms with Crippen LogP contribution in [0.5, 0.6) is 0 Å². The Kier molecular flexibility index (Phi) is 5.70. The van der Waals surface area contributed by atoms with E-state index >= 15 is 0 Å². The predicted octanol–water partition coefficient (Wildman–Crippen LogP) is 2.98. The molecule has 2 rings (SSSR count). The van der Waals surface area contributed by atoms with E-state index in [0.717, 1.165) is 42.6 Å². The minimum absolute atomic E-state index is 0.145. The number of rotatable bonds is 6. The van der Waals surface area contributed by atoms with Crippen LogP contribution in [0.2, 0.25) is 0 Å². The van der Waals surface area contributed by atoms with E-state index in [9.17, 15) is 5.11 Å². The molecular formula is C15H26N4OS. The van der Waals surface area contributed by atoms with Crippen LogP contribution < -0.4 is 10.6 Å². The fraction of sp³-hybridized carbons (Fsp3) is 0.733. The van der Waals surface area contributed by atoms with E-state index in [2.05, 4.69) is 27.5 Å². The van der Waals surface area contributed by atoms with Crippen molar-refractivity contribution >= 4 is 23.4 Å². The predicted molar refractivity (Wildman–Crippen MR) is 89.0 cm³/mol. The first kappa shape index (κ1) is 16.4. The third-order valence-corrected chi connectivity index (χ3v) is 4.58. The normalized spacial score (nSPS) is 25.6. The summed E-state index contributed by atoms with van der Waals surface area (Å²) in [6.45, 7) is 5.27. The van der Waals surface area contributed by atoms with Gasteiger partial charge in [-0.15, -0.1) is 0 Å². The van der Waals surface area contributed by atoms with Crippen molar-refractivity contribution in [2.45, 2.75) is 50.2 Å². The lowest BCUT2D eigenvalue weighted by Gasteiger charge is -2.39. The van der Waals surface area contributed by atoms with E-state index in [0.29, 0.717) is 5.92 Å². The zero-order valence-electron chi connectivity index (χ0n) is 13.1. The molecule has 0 spiro atoms. The van der Waals surface area contributed by atoms with Crippen LogP contribution in [-0.4, -0.2) is 40.0 Å². The molecule has 1 fully saturated rings. The highest BCUT2D eigenvalue weighted by molar-refractivity contribution is 7.98. The lowest BCUT2D eigenvalue weighted by molar-refractivity contribution is 0.149. The lowest BCUT2D eigenvalue weighted by Crippen LogP contribution is -2.46. The van der Waals surface area contributed by atoms with Crippen molar-refractivity contribution in [1.82, 2.24) is 9.97 Å². The van der Waals surface area contributed by atoms with Gasteiger partial charge in [-0.05, 0) is 31.9 Å². The van der Waals surface area contributed by atoms with E-state index in [-0.39, 0.29) is 12.1 Å². The maximum atomic E-state index is 9.89. The maximum absolute atomic E-state index is 9.89. The lowest BCUT2D eigenvalue weighted by atomic mass is 9.77. The monoisotopic (exact) mass is 310 g/mol. The quantitative estimate of drug-likeness (QED) is 0.554. The number of aliphatic hydroxyl groups excluding tert-OH is 1. The van der Waals surface area contributed by atoms with Crippen molar-refractivity contribution in [3.63, 3.8) is 0 Å². The molecule has 1 aromatic heterocycles. The van der Waals surface area contributed by atoms with Crippen LogP contribution in [0.25, 0.3) is 0 Å². The Morgan fingerprint density at radius 3 is 2.81 bits per heavy atom. The summed E-state index contributed by atoms with van der Waals surface area (Å²) in [6.07, 6.45) is 6.34. The molecular weight excluding hydrogens is 284 g/mol. The van der Waals surface area contributed by atoms with E-state index in [1.54, 1.807) is 0 Å². The van der Waals surface area contributed by atoms with Gasteiger partial charge in [-0.1, -0.05) is 31.5 Å². The molecule has 0 amide bonds. The van der Waals surface area contributed by atoms with Gasteiger partial charge >= 0.3 is 0 Å². The molecule has 0 bridgehead atoms. The van der Waals surface area contributed by atoms with Crippen LogP contribution in [0, 0.1) is 5.92 Å². The van der Waals surface area contributed by atoms with Crippen molar-refractivity contribution < 1.29 is 5.11 Å². The summed E-state index contributed by atoms with van der Waals surface area (Å²) >= 11 is 1.53. The van der Waals surface area contributed by atoms with Crippen molar-refractivity contribution in [1.29, 1.82) is 0 Å². The summed E-state index contributed by atoms with van der Waals surface area (Å²) in [5.74, 6) is 2.26. The molecule has 0 aromatic carbocycles. The largest absolute Gasteiger partial charge is 0.394 e. The second-order valence-corrected chi connectivity index (χ2v) is 6.69. The molecule has 1 saturated carbocycles. The van der Waals surface area contributed by atoms with Gasteiger partial charge in [0.05, 0.1) is 12.1 Å². The molecule has 1 aliphatic rings. The first-order valence-electron chi connectivity index (χ1n) is 7.67. The molecule has 5 nitrogen and oxygen atoms in total. The molecule has 0 radical (unpaired) electrons. The Morgan fingerprint density at radius 1 is 1.43 bits per heavy atom. The Balaban J connectivity index is 2.21. The highest BCUT2D eigenvalue weighted by Crippen LogP contribution is 2.35. The van der Waals surface area contributed by atoms with Gasteiger partial charge in [0.2, 0.25) is 0 Å². The molecule has 21 heavy (non-hydrogen) atoms. The minimum Gasteiger partial charge on any atom is -0.394 e. The Labute approximate surface area is 131 Å². The van der Waals surface area contributed by atoms with Gasteiger partial charge in [0.25, 0.3) is 0 Å². The van der Waals surface area contributed by atoms with Gasteiger partial charge in [-0.3, -0.25) is 0 Å². The van der Waals surface area contributed by atoms with Crippen molar-refractivity contribution in [2.24, 2.45) is 5.92 Å². The number of nitrogens with zero attached hydrogens (tertiary/aromatic N) is 2. The molecule has 2 unspecified atom stereocenters. The highest BCUT2D eigenvalue weighted by Gasteiger charge is 2.34. The second kappa shape index (κ2) is 7.31. The topological polar surface area (TPSA) is 70.1 Å². The van der Waals surface area contributed by atoms with Crippen molar-refractivity contribution in [3.8, 4) is 0 Å². The summed E-state index contributed by atoms with van der Waals surface area (Å²) < 4.78 is 0. The third-order valence-electron chi connectivity index (χ3n) is 4.03. The second-order valence-electron chi connectivity index (χ2n) is 5.92. The van der Waals surface area contributed by atoms with Gasteiger partial charge in [0.15, 0.2) is 5.16 Å². The Hall–Kier alpha value is -1.01. The number of anilines is 2. The van der Waals surface area contributed by atoms with Gasteiger partial charge in [0, 0.05) is 12.6 Å². The first-order chi connectivity index (χ1) is 10.1. The van der Waals surface area contributed by atoms with Crippen molar-refractivity contribution in [2.75, 3.05) is 30.0 Å². The fourth-order valence-corrected chi connectivity index (χ4v) is 3.46. The molecule has 1 aliphatic carbocycles. The number of hydrogen-bond donors (Lipinski definition) is 3. The Morgan fingerprint density at radius 2 is 2.19 bits per heavy atom. The van der Waals surface area contributed by atoms with Crippen LogP contribution in [0.4, 0.5) is 11.6 Å². The van der Waals surface area contributed by atoms with Crippen LogP contribution in [0.1, 0.15) is 39.5 Å². The number of hydrogen-bond acceptors (Lipinski definition) is 6. The fourth-order valence-electron chi connectivity index (χ4n) is 3.08. The molecule has 0 aliphatic heterocycles. The number of aliphatic hydroxyl groups is 1. The SMILES string of the molecule is CCNc1cc(NC2(CO)CCCC(C)C2)nc(SC)n1. The smallest absolute Gasteiger partial charge is 0.191 e. The number of nitrogens with one attached hydrogen (secondary N) is 2. The van der Waals surface area contributed by atoms with Gasteiger partial charge < -0.3 is 15.7 Å². The van der Waals surface area contributed by atoms with Crippen LogP contribution in [0.15, 0.2) is 11.2 Å². The molecule has 0 saturated heterocycles. The van der Waals surface area contributed by atoms with Crippen LogP contribution in [-0.2, 0) is 0 Å². The van der Waals surface area contributed by atoms with E-state index in [1.807, 2.05) is 19.2 Å².